The molecule has 0 aliphatic heterocycles. The van der Waals surface area contributed by atoms with E-state index in [9.17, 15) is 0 Å². The van der Waals surface area contributed by atoms with Crippen molar-refractivity contribution < 1.29 is 4.74 Å². The van der Waals surface area contributed by atoms with Crippen LogP contribution >= 0.6 is 11.3 Å². The van der Waals surface area contributed by atoms with E-state index in [1.165, 1.54) is 9.71 Å². The summed E-state index contributed by atoms with van der Waals surface area (Å²) in [7, 11) is 4.03. The third kappa shape index (κ3) is 2.30. The Kier molecular flexibility index (Phi) is 3.59. The summed E-state index contributed by atoms with van der Waals surface area (Å²) in [5, 5.41) is 1.19. The lowest BCUT2D eigenvalue weighted by Gasteiger charge is -2.61. The number of ether oxygens (including phenoxy) is 1. The summed E-state index contributed by atoms with van der Waals surface area (Å²) in [6, 6.07) is 8.90. The molecule has 1 aromatic carbocycles. The third-order valence-corrected chi connectivity index (χ3v) is 6.51. The lowest BCUT2D eigenvalue weighted by molar-refractivity contribution is -0.207. The molecule has 0 saturated heterocycles. The second-order valence-electron chi connectivity index (χ2n) is 6.87. The molecule has 114 valence electrons. The molecule has 4 heteroatoms. The average Bonchev–Trinajstić information content (AvgIpc) is 2.86. The maximum atomic E-state index is 5.73. The summed E-state index contributed by atoms with van der Waals surface area (Å²) in [6.45, 7) is 7.74. The maximum Gasteiger partial charge on any atom is 0.108 e. The van der Waals surface area contributed by atoms with Crippen LogP contribution in [0.25, 0.3) is 10.2 Å². The summed E-state index contributed by atoms with van der Waals surface area (Å²) >= 11 is 1.80. The number of nitrogens with zero attached hydrogens (tertiary/aromatic N) is 2. The SMILES string of the molecule is CO[C@@]1(C)C[C@H](N(C)Cc2nc3ccccc3s2)C1(C)C. The van der Waals surface area contributed by atoms with Crippen LogP contribution < -0.4 is 0 Å². The van der Waals surface area contributed by atoms with Crippen LogP contribution in [0.4, 0.5) is 0 Å². The zero-order valence-electron chi connectivity index (χ0n) is 13.5. The fourth-order valence-corrected chi connectivity index (χ4v) is 4.50. The van der Waals surface area contributed by atoms with Gasteiger partial charge in [0, 0.05) is 18.6 Å². The molecule has 2 atom stereocenters. The first-order chi connectivity index (χ1) is 9.87. The van der Waals surface area contributed by atoms with Crippen molar-refractivity contribution in [1.82, 2.24) is 9.88 Å². The molecule has 1 aliphatic carbocycles. The van der Waals surface area contributed by atoms with Gasteiger partial charge in [-0.05, 0) is 32.5 Å². The summed E-state index contributed by atoms with van der Waals surface area (Å²) in [5.74, 6) is 0. The summed E-state index contributed by atoms with van der Waals surface area (Å²) < 4.78 is 7.00. The van der Waals surface area contributed by atoms with E-state index in [2.05, 4.69) is 57.0 Å². The highest BCUT2D eigenvalue weighted by molar-refractivity contribution is 7.18. The van der Waals surface area contributed by atoms with Gasteiger partial charge in [-0.2, -0.15) is 0 Å². The Labute approximate surface area is 130 Å². The summed E-state index contributed by atoms with van der Waals surface area (Å²) in [4.78, 5) is 7.17. The number of rotatable bonds is 4. The van der Waals surface area contributed by atoms with Crippen LogP contribution in [0, 0.1) is 5.41 Å². The largest absolute Gasteiger partial charge is 0.378 e. The smallest absolute Gasteiger partial charge is 0.108 e. The van der Waals surface area contributed by atoms with Crippen LogP contribution in [-0.4, -0.2) is 35.7 Å². The predicted molar refractivity (Wildman–Crippen MR) is 88.7 cm³/mol. The van der Waals surface area contributed by atoms with Gasteiger partial charge in [-0.1, -0.05) is 26.0 Å². The van der Waals surface area contributed by atoms with E-state index in [0.29, 0.717) is 6.04 Å². The first-order valence-corrected chi connectivity index (χ1v) is 8.29. The molecule has 0 N–H and O–H groups in total. The zero-order valence-corrected chi connectivity index (χ0v) is 14.3. The highest BCUT2D eigenvalue weighted by atomic mass is 32.1. The van der Waals surface area contributed by atoms with Crippen molar-refractivity contribution in [2.24, 2.45) is 5.41 Å². The minimum atomic E-state index is -0.0144. The Morgan fingerprint density at radius 3 is 2.67 bits per heavy atom. The van der Waals surface area contributed by atoms with Gasteiger partial charge >= 0.3 is 0 Å². The van der Waals surface area contributed by atoms with Crippen LogP contribution in [-0.2, 0) is 11.3 Å². The van der Waals surface area contributed by atoms with Gasteiger partial charge in [-0.15, -0.1) is 11.3 Å². The number of fused-ring (bicyclic) bond motifs is 1. The zero-order chi connectivity index (χ0) is 15.3. The van der Waals surface area contributed by atoms with Crippen molar-refractivity contribution in [3.8, 4) is 0 Å². The second-order valence-corrected chi connectivity index (χ2v) is 7.98. The topological polar surface area (TPSA) is 25.4 Å². The molecule has 1 saturated carbocycles. The van der Waals surface area contributed by atoms with E-state index in [4.69, 9.17) is 9.72 Å². The number of aromatic nitrogens is 1. The number of para-hydroxylation sites is 1. The molecule has 2 aromatic rings. The molecule has 1 aliphatic rings. The Morgan fingerprint density at radius 1 is 1.33 bits per heavy atom. The molecule has 0 radical (unpaired) electrons. The standard InChI is InChI=1S/C17H24N2OS/c1-16(2)14(10-17(16,3)20-5)19(4)11-15-18-12-8-6-7-9-13(12)21-15/h6-9,14H,10-11H2,1-5H3/t14-,17-/m0/s1. The van der Waals surface area contributed by atoms with Crippen molar-refractivity contribution in [3.63, 3.8) is 0 Å². The van der Waals surface area contributed by atoms with E-state index in [1.807, 2.05) is 7.11 Å². The van der Waals surface area contributed by atoms with E-state index in [-0.39, 0.29) is 11.0 Å². The molecule has 21 heavy (non-hydrogen) atoms. The van der Waals surface area contributed by atoms with Crippen molar-refractivity contribution in [2.45, 2.75) is 45.4 Å². The first kappa shape index (κ1) is 14.9. The van der Waals surface area contributed by atoms with Crippen LogP contribution in [0.1, 0.15) is 32.2 Å². The highest BCUT2D eigenvalue weighted by Crippen LogP contribution is 2.53. The van der Waals surface area contributed by atoms with Crippen molar-refractivity contribution in [2.75, 3.05) is 14.2 Å². The molecule has 1 fully saturated rings. The molecule has 0 bridgehead atoms. The molecule has 1 heterocycles. The monoisotopic (exact) mass is 304 g/mol. The number of thiazole rings is 1. The van der Waals surface area contributed by atoms with E-state index in [0.717, 1.165) is 18.5 Å². The normalized spacial score (nSPS) is 28.0. The van der Waals surface area contributed by atoms with Gasteiger partial charge in [0.15, 0.2) is 0 Å². The number of hydrogen-bond acceptors (Lipinski definition) is 4. The lowest BCUT2D eigenvalue weighted by Crippen LogP contribution is -2.67. The fourth-order valence-electron chi connectivity index (χ4n) is 3.47. The van der Waals surface area contributed by atoms with Crippen molar-refractivity contribution >= 4 is 21.6 Å². The maximum absolute atomic E-state index is 5.73. The van der Waals surface area contributed by atoms with E-state index in [1.54, 1.807) is 11.3 Å². The second kappa shape index (κ2) is 5.04. The summed E-state index contributed by atoms with van der Waals surface area (Å²) in [5.41, 5.74) is 1.26. The number of hydrogen-bond donors (Lipinski definition) is 0. The molecule has 3 nitrogen and oxygen atoms in total. The van der Waals surface area contributed by atoms with Crippen molar-refractivity contribution in [1.29, 1.82) is 0 Å². The Balaban J connectivity index is 1.74. The van der Waals surface area contributed by atoms with Crippen LogP contribution in [0.5, 0.6) is 0 Å². The first-order valence-electron chi connectivity index (χ1n) is 7.47. The summed E-state index contributed by atoms with van der Waals surface area (Å²) in [6.07, 6.45) is 1.08. The molecule has 1 aromatic heterocycles. The molecule has 0 spiro atoms. The fraction of sp³-hybridized carbons (Fsp3) is 0.588. The molecule has 0 amide bonds. The Bertz CT molecular complexity index is 618. The van der Waals surface area contributed by atoms with Crippen LogP contribution in [0.2, 0.25) is 0 Å². The quantitative estimate of drug-likeness (QED) is 0.855. The Morgan fingerprint density at radius 2 is 2.05 bits per heavy atom. The van der Waals surface area contributed by atoms with E-state index < -0.39 is 0 Å². The van der Waals surface area contributed by atoms with Gasteiger partial charge < -0.3 is 4.74 Å². The molecule has 0 unspecified atom stereocenters. The van der Waals surface area contributed by atoms with Gasteiger partial charge in [-0.3, -0.25) is 4.90 Å². The number of benzene rings is 1. The molecular formula is C17H24N2OS. The molecule has 3 rings (SSSR count). The minimum Gasteiger partial charge on any atom is -0.378 e. The lowest BCUT2D eigenvalue weighted by atomic mass is 9.55. The highest BCUT2D eigenvalue weighted by Gasteiger charge is 2.58. The van der Waals surface area contributed by atoms with Gasteiger partial charge in [0.2, 0.25) is 0 Å². The van der Waals surface area contributed by atoms with Gasteiger partial charge in [0.05, 0.1) is 22.4 Å². The van der Waals surface area contributed by atoms with E-state index >= 15 is 0 Å². The molecular weight excluding hydrogens is 280 g/mol. The minimum absolute atomic E-state index is 0.0144. The third-order valence-electron chi connectivity index (χ3n) is 5.48. The van der Waals surface area contributed by atoms with Crippen LogP contribution in [0.3, 0.4) is 0 Å². The van der Waals surface area contributed by atoms with Gasteiger partial charge in [0.1, 0.15) is 5.01 Å². The average molecular weight is 304 g/mol. The predicted octanol–water partition coefficient (Wildman–Crippen LogP) is 3.93. The van der Waals surface area contributed by atoms with Gasteiger partial charge in [0.25, 0.3) is 0 Å². The number of methoxy groups -OCH3 is 1. The van der Waals surface area contributed by atoms with Crippen molar-refractivity contribution in [3.05, 3.63) is 29.3 Å². The van der Waals surface area contributed by atoms with Gasteiger partial charge in [-0.25, -0.2) is 4.98 Å². The Hall–Kier alpha value is -0.970. The van der Waals surface area contributed by atoms with Crippen LogP contribution in [0.15, 0.2) is 24.3 Å².